The molecular weight excluding hydrogens is 300 g/mol. The molecule has 0 spiro atoms. The fourth-order valence-electron chi connectivity index (χ4n) is 3.78. The molecule has 0 saturated carbocycles. The van der Waals surface area contributed by atoms with Crippen molar-refractivity contribution in [3.05, 3.63) is 88.5 Å². The van der Waals surface area contributed by atoms with Crippen LogP contribution < -0.4 is 0 Å². The molecule has 3 aromatic rings. The van der Waals surface area contributed by atoms with E-state index in [-0.39, 0.29) is 0 Å². The minimum Gasteiger partial charge on any atom is -0.0985 e. The van der Waals surface area contributed by atoms with Crippen molar-refractivity contribution >= 4 is 28.4 Å². The Labute approximate surface area is 142 Å². The van der Waals surface area contributed by atoms with E-state index < -0.39 is 0 Å². The molecule has 1 heteroatoms. The number of rotatable bonds is 2. The van der Waals surface area contributed by atoms with Crippen LogP contribution in [0.4, 0.5) is 0 Å². The van der Waals surface area contributed by atoms with Gasteiger partial charge in [-0.15, -0.1) is 0 Å². The van der Waals surface area contributed by atoms with E-state index >= 15 is 0 Å². The van der Waals surface area contributed by atoms with E-state index in [2.05, 4.69) is 49.0 Å². The number of fused-ring (bicyclic) bond motifs is 3. The molecule has 1 aliphatic carbocycles. The van der Waals surface area contributed by atoms with Gasteiger partial charge in [0.25, 0.3) is 0 Å². The molecule has 23 heavy (non-hydrogen) atoms. The lowest BCUT2D eigenvalue weighted by Gasteiger charge is -2.26. The molecule has 0 amide bonds. The maximum absolute atomic E-state index is 6.01. The molecule has 0 nitrogen and oxygen atoms in total. The number of halogens is 1. The predicted molar refractivity (Wildman–Crippen MR) is 100 cm³/mol. The van der Waals surface area contributed by atoms with Crippen LogP contribution in [-0.4, -0.2) is 0 Å². The lowest BCUT2D eigenvalue weighted by atomic mass is 9.78. The summed E-state index contributed by atoms with van der Waals surface area (Å²) in [5, 5.41) is 3.54. The van der Waals surface area contributed by atoms with Gasteiger partial charge in [0.1, 0.15) is 0 Å². The average Bonchev–Trinajstić information content (AvgIpc) is 2.61. The zero-order valence-corrected chi connectivity index (χ0v) is 13.8. The van der Waals surface area contributed by atoms with Gasteiger partial charge in [-0.1, -0.05) is 60.7 Å². The summed E-state index contributed by atoms with van der Waals surface area (Å²) in [5.41, 5.74) is 5.62. The summed E-state index contributed by atoms with van der Waals surface area (Å²) in [5.74, 6) is 0.602. The first-order valence-corrected chi connectivity index (χ1v) is 8.55. The molecule has 0 radical (unpaired) electrons. The third-order valence-corrected chi connectivity index (χ3v) is 5.29. The molecular formula is C22H19Cl. The fraction of sp³-hybridized carbons (Fsp3) is 0.182. The van der Waals surface area contributed by atoms with Crippen LogP contribution in [0.25, 0.3) is 16.8 Å². The van der Waals surface area contributed by atoms with Gasteiger partial charge in [-0.25, -0.2) is 0 Å². The van der Waals surface area contributed by atoms with Crippen molar-refractivity contribution in [2.24, 2.45) is 0 Å². The van der Waals surface area contributed by atoms with Crippen LogP contribution in [-0.2, 0) is 12.8 Å². The van der Waals surface area contributed by atoms with Crippen LogP contribution in [0.1, 0.15) is 34.6 Å². The third-order valence-electron chi connectivity index (χ3n) is 5.04. The average molecular weight is 319 g/mol. The summed E-state index contributed by atoms with van der Waals surface area (Å²) in [6.07, 6.45) is 5.38. The SMILES string of the molecule is C=Cc1ccc2c3c(ccc2c1)CC(c1ccc(Cl)cc1)CC3. The van der Waals surface area contributed by atoms with Crippen LogP contribution >= 0.6 is 11.6 Å². The number of aryl methyl sites for hydroxylation is 1. The normalized spacial score (nSPS) is 17.0. The summed E-state index contributed by atoms with van der Waals surface area (Å²) in [4.78, 5) is 0. The van der Waals surface area contributed by atoms with Gasteiger partial charge in [0.15, 0.2) is 0 Å². The van der Waals surface area contributed by atoms with Gasteiger partial charge in [0, 0.05) is 5.02 Å². The van der Waals surface area contributed by atoms with Gasteiger partial charge < -0.3 is 0 Å². The minimum atomic E-state index is 0.602. The Hall–Kier alpha value is -2.05. The molecule has 1 unspecified atom stereocenters. The first kappa shape index (κ1) is 14.5. The van der Waals surface area contributed by atoms with Crippen molar-refractivity contribution in [1.82, 2.24) is 0 Å². The summed E-state index contributed by atoms with van der Waals surface area (Å²) in [6.45, 7) is 3.87. The van der Waals surface area contributed by atoms with Gasteiger partial charge in [0.2, 0.25) is 0 Å². The van der Waals surface area contributed by atoms with Crippen LogP contribution in [0.15, 0.2) is 61.2 Å². The van der Waals surface area contributed by atoms with E-state index in [1.165, 1.54) is 39.4 Å². The maximum Gasteiger partial charge on any atom is 0.0406 e. The fourth-order valence-corrected chi connectivity index (χ4v) is 3.90. The van der Waals surface area contributed by atoms with E-state index in [0.717, 1.165) is 17.9 Å². The lowest BCUT2D eigenvalue weighted by molar-refractivity contribution is 0.588. The highest BCUT2D eigenvalue weighted by molar-refractivity contribution is 6.30. The molecule has 0 saturated heterocycles. The van der Waals surface area contributed by atoms with Gasteiger partial charge in [-0.05, 0) is 76.4 Å². The predicted octanol–water partition coefficient (Wildman–Crippen LogP) is 6.41. The first-order chi connectivity index (χ1) is 11.2. The van der Waals surface area contributed by atoms with Crippen molar-refractivity contribution in [1.29, 1.82) is 0 Å². The zero-order chi connectivity index (χ0) is 15.8. The molecule has 4 rings (SSSR count). The molecule has 0 aliphatic heterocycles. The highest BCUT2D eigenvalue weighted by Crippen LogP contribution is 2.36. The summed E-state index contributed by atoms with van der Waals surface area (Å²) >= 11 is 6.01. The molecule has 114 valence electrons. The minimum absolute atomic E-state index is 0.602. The second-order valence-corrected chi connectivity index (χ2v) is 6.82. The first-order valence-electron chi connectivity index (χ1n) is 8.17. The Balaban J connectivity index is 1.71. The Morgan fingerprint density at radius 1 is 1.00 bits per heavy atom. The van der Waals surface area contributed by atoms with Crippen molar-refractivity contribution in [2.75, 3.05) is 0 Å². The van der Waals surface area contributed by atoms with Crippen LogP contribution in [0.5, 0.6) is 0 Å². The van der Waals surface area contributed by atoms with Gasteiger partial charge in [-0.3, -0.25) is 0 Å². The second-order valence-electron chi connectivity index (χ2n) is 6.38. The van der Waals surface area contributed by atoms with Gasteiger partial charge >= 0.3 is 0 Å². The molecule has 0 fully saturated rings. The lowest BCUT2D eigenvalue weighted by Crippen LogP contribution is -2.13. The van der Waals surface area contributed by atoms with Crippen LogP contribution in [0.3, 0.4) is 0 Å². The smallest absolute Gasteiger partial charge is 0.0406 e. The van der Waals surface area contributed by atoms with E-state index in [9.17, 15) is 0 Å². The Morgan fingerprint density at radius 2 is 1.83 bits per heavy atom. The third kappa shape index (κ3) is 2.68. The number of hydrogen-bond acceptors (Lipinski definition) is 0. The van der Waals surface area contributed by atoms with Crippen molar-refractivity contribution in [3.63, 3.8) is 0 Å². The van der Waals surface area contributed by atoms with Gasteiger partial charge in [0.05, 0.1) is 0 Å². The Bertz CT molecular complexity index is 874. The monoisotopic (exact) mass is 318 g/mol. The van der Waals surface area contributed by atoms with Crippen molar-refractivity contribution in [2.45, 2.75) is 25.2 Å². The van der Waals surface area contributed by atoms with Crippen molar-refractivity contribution in [3.8, 4) is 0 Å². The standard InChI is InChI=1S/C22H19Cl/c1-2-15-3-11-21-18(13-15)4-5-19-14-17(8-12-22(19)21)16-6-9-20(23)10-7-16/h2-7,9-11,13,17H,1,8,12,14H2. The molecule has 3 aromatic carbocycles. The Morgan fingerprint density at radius 3 is 2.61 bits per heavy atom. The maximum atomic E-state index is 6.01. The number of benzene rings is 3. The molecule has 0 N–H and O–H groups in total. The quantitative estimate of drug-likeness (QED) is 0.512. The largest absolute Gasteiger partial charge is 0.0985 e. The molecule has 0 heterocycles. The second kappa shape index (κ2) is 5.86. The van der Waals surface area contributed by atoms with Crippen LogP contribution in [0, 0.1) is 0 Å². The topological polar surface area (TPSA) is 0 Å². The number of hydrogen-bond donors (Lipinski definition) is 0. The molecule has 1 atom stereocenters. The van der Waals surface area contributed by atoms with E-state index in [0.29, 0.717) is 5.92 Å². The van der Waals surface area contributed by atoms with Crippen molar-refractivity contribution < 1.29 is 0 Å². The van der Waals surface area contributed by atoms with Crippen LogP contribution in [0.2, 0.25) is 5.02 Å². The highest BCUT2D eigenvalue weighted by atomic mass is 35.5. The molecule has 1 aliphatic rings. The zero-order valence-electron chi connectivity index (χ0n) is 13.1. The summed E-state index contributed by atoms with van der Waals surface area (Å²) in [6, 6.07) is 19.6. The van der Waals surface area contributed by atoms with E-state index in [1.54, 1.807) is 0 Å². The summed E-state index contributed by atoms with van der Waals surface area (Å²) in [7, 11) is 0. The van der Waals surface area contributed by atoms with E-state index in [4.69, 9.17) is 11.6 Å². The highest BCUT2D eigenvalue weighted by Gasteiger charge is 2.21. The Kier molecular flexibility index (Phi) is 3.71. The molecule has 0 aromatic heterocycles. The van der Waals surface area contributed by atoms with E-state index in [1.807, 2.05) is 18.2 Å². The summed E-state index contributed by atoms with van der Waals surface area (Å²) < 4.78 is 0. The molecule has 0 bridgehead atoms. The van der Waals surface area contributed by atoms with Gasteiger partial charge in [-0.2, -0.15) is 0 Å².